The SMILES string of the molecule is CNC(=O)c1nc([O])cs1. The van der Waals surface area contributed by atoms with Crippen LogP contribution in [-0.4, -0.2) is 17.9 Å². The second-order valence-electron chi connectivity index (χ2n) is 1.57. The topological polar surface area (TPSA) is 61.9 Å². The van der Waals surface area contributed by atoms with E-state index in [1.165, 1.54) is 12.4 Å². The number of thiazole rings is 1. The summed E-state index contributed by atoms with van der Waals surface area (Å²) in [6, 6.07) is 0. The van der Waals surface area contributed by atoms with Gasteiger partial charge in [0.05, 0.1) is 5.38 Å². The van der Waals surface area contributed by atoms with Crippen LogP contribution in [0.2, 0.25) is 0 Å². The van der Waals surface area contributed by atoms with E-state index in [0.717, 1.165) is 11.3 Å². The number of rotatable bonds is 1. The Morgan fingerprint density at radius 3 is 2.90 bits per heavy atom. The molecular formula is C5H5N2O2S. The van der Waals surface area contributed by atoms with Crippen LogP contribution in [0.25, 0.3) is 0 Å². The van der Waals surface area contributed by atoms with E-state index >= 15 is 0 Å². The molecule has 0 aliphatic carbocycles. The predicted octanol–water partition coefficient (Wildman–Crippen LogP) is 0.647. The molecule has 1 N–H and O–H groups in total. The second-order valence-corrected chi connectivity index (χ2v) is 2.43. The minimum atomic E-state index is -0.358. The summed E-state index contributed by atoms with van der Waals surface area (Å²) in [6.45, 7) is 0. The third kappa shape index (κ3) is 1.24. The highest BCUT2D eigenvalue weighted by atomic mass is 32.1. The molecule has 0 fully saturated rings. The second kappa shape index (κ2) is 2.66. The first kappa shape index (κ1) is 7.01. The van der Waals surface area contributed by atoms with Gasteiger partial charge >= 0.3 is 0 Å². The van der Waals surface area contributed by atoms with Crippen molar-refractivity contribution in [2.24, 2.45) is 0 Å². The van der Waals surface area contributed by atoms with E-state index in [4.69, 9.17) is 0 Å². The summed E-state index contributed by atoms with van der Waals surface area (Å²) in [5, 5.41) is 14.3. The van der Waals surface area contributed by atoms with Crippen molar-refractivity contribution in [3.8, 4) is 5.88 Å². The first-order valence-corrected chi connectivity index (χ1v) is 3.46. The van der Waals surface area contributed by atoms with Crippen LogP contribution in [0.3, 0.4) is 0 Å². The molecule has 0 aliphatic rings. The maximum atomic E-state index is 10.7. The first-order chi connectivity index (χ1) is 4.74. The molecule has 0 aliphatic heterocycles. The highest BCUT2D eigenvalue weighted by Gasteiger charge is 2.08. The Bertz CT molecular complexity index is 246. The average molecular weight is 157 g/mol. The molecule has 1 rings (SSSR count). The molecule has 0 atom stereocenters. The summed E-state index contributed by atoms with van der Waals surface area (Å²) >= 11 is 1.05. The van der Waals surface area contributed by atoms with Crippen molar-refractivity contribution in [2.45, 2.75) is 0 Å². The van der Waals surface area contributed by atoms with Crippen LogP contribution in [0.15, 0.2) is 5.38 Å². The molecule has 1 amide bonds. The smallest absolute Gasteiger partial charge is 0.281 e. The molecule has 0 spiro atoms. The third-order valence-electron chi connectivity index (χ3n) is 0.904. The molecule has 5 heteroatoms. The summed E-state index contributed by atoms with van der Waals surface area (Å²) < 4.78 is 0. The van der Waals surface area contributed by atoms with Crippen LogP contribution < -0.4 is 5.32 Å². The number of carbonyl (C=O) groups excluding carboxylic acids is 1. The number of hydrogen-bond donors (Lipinski definition) is 1. The molecule has 1 aromatic heterocycles. The predicted molar refractivity (Wildman–Crippen MR) is 35.6 cm³/mol. The number of aromatic nitrogens is 1. The highest BCUT2D eigenvalue weighted by Crippen LogP contribution is 2.14. The van der Waals surface area contributed by atoms with Gasteiger partial charge in [-0.2, -0.15) is 4.98 Å². The zero-order valence-electron chi connectivity index (χ0n) is 5.25. The Balaban J connectivity index is 2.85. The normalized spacial score (nSPS) is 9.30. The van der Waals surface area contributed by atoms with Crippen LogP contribution in [0, 0.1) is 0 Å². The van der Waals surface area contributed by atoms with Gasteiger partial charge in [-0.25, -0.2) is 0 Å². The Kier molecular flexibility index (Phi) is 1.86. The fourth-order valence-corrected chi connectivity index (χ4v) is 1.09. The lowest BCUT2D eigenvalue weighted by Crippen LogP contribution is -2.17. The van der Waals surface area contributed by atoms with Gasteiger partial charge in [0.25, 0.3) is 11.8 Å². The minimum Gasteiger partial charge on any atom is -0.353 e. The van der Waals surface area contributed by atoms with E-state index in [-0.39, 0.29) is 16.8 Å². The van der Waals surface area contributed by atoms with Gasteiger partial charge in [-0.1, -0.05) is 0 Å². The van der Waals surface area contributed by atoms with Gasteiger partial charge in [-0.05, 0) is 0 Å². The van der Waals surface area contributed by atoms with E-state index in [1.54, 1.807) is 0 Å². The Morgan fingerprint density at radius 1 is 1.80 bits per heavy atom. The van der Waals surface area contributed by atoms with E-state index in [2.05, 4.69) is 10.3 Å². The first-order valence-electron chi connectivity index (χ1n) is 2.58. The van der Waals surface area contributed by atoms with E-state index in [0.29, 0.717) is 0 Å². The van der Waals surface area contributed by atoms with Gasteiger partial charge in [0.2, 0.25) is 0 Å². The van der Waals surface area contributed by atoms with Gasteiger partial charge in [0, 0.05) is 7.05 Å². The van der Waals surface area contributed by atoms with Gasteiger partial charge in [0.1, 0.15) is 0 Å². The molecule has 0 saturated carbocycles. The number of carbonyl (C=O) groups is 1. The largest absolute Gasteiger partial charge is 0.353 e. The Labute approximate surface area is 61.5 Å². The lowest BCUT2D eigenvalue weighted by atomic mass is 10.6. The summed E-state index contributed by atoms with van der Waals surface area (Å²) in [5.41, 5.74) is 0. The number of hydrogen-bond acceptors (Lipinski definition) is 3. The average Bonchev–Trinajstić information content (AvgIpc) is 2.34. The molecule has 53 valence electrons. The standard InChI is InChI=1S/C5H5N2O2S/c1-6-4(9)5-7-3(8)2-10-5/h2H,1H3,(H,6,9). The van der Waals surface area contributed by atoms with Crippen molar-refractivity contribution in [3.05, 3.63) is 10.4 Å². The Morgan fingerprint density at radius 2 is 2.50 bits per heavy atom. The third-order valence-corrected chi connectivity index (χ3v) is 1.72. The van der Waals surface area contributed by atoms with Crippen molar-refractivity contribution >= 4 is 17.2 Å². The fraction of sp³-hybridized carbons (Fsp3) is 0.200. The van der Waals surface area contributed by atoms with Crippen LogP contribution in [-0.2, 0) is 5.11 Å². The number of amides is 1. The number of nitrogens with one attached hydrogen (secondary N) is 1. The molecule has 0 unspecified atom stereocenters. The van der Waals surface area contributed by atoms with Gasteiger partial charge in [-0.15, -0.1) is 11.3 Å². The zero-order valence-corrected chi connectivity index (χ0v) is 6.07. The molecule has 0 bridgehead atoms. The van der Waals surface area contributed by atoms with Crippen LogP contribution in [0.4, 0.5) is 0 Å². The van der Waals surface area contributed by atoms with Crippen LogP contribution in [0.1, 0.15) is 9.80 Å². The molecule has 1 radical (unpaired) electrons. The summed E-state index contributed by atoms with van der Waals surface area (Å²) in [4.78, 5) is 14.2. The maximum Gasteiger partial charge on any atom is 0.281 e. The highest BCUT2D eigenvalue weighted by molar-refractivity contribution is 7.11. The summed E-state index contributed by atoms with van der Waals surface area (Å²) in [5.74, 6) is -0.671. The van der Waals surface area contributed by atoms with Crippen molar-refractivity contribution in [3.63, 3.8) is 0 Å². The van der Waals surface area contributed by atoms with Gasteiger partial charge in [0.15, 0.2) is 5.01 Å². The van der Waals surface area contributed by atoms with E-state index in [9.17, 15) is 9.90 Å². The quantitative estimate of drug-likeness (QED) is 0.650. The maximum absolute atomic E-state index is 10.7. The molecule has 1 heterocycles. The van der Waals surface area contributed by atoms with Gasteiger partial charge in [-0.3, -0.25) is 9.90 Å². The fourth-order valence-electron chi connectivity index (χ4n) is 0.470. The lowest BCUT2D eigenvalue weighted by molar-refractivity contribution is 0.0961. The molecule has 0 aromatic carbocycles. The van der Waals surface area contributed by atoms with Crippen molar-refractivity contribution < 1.29 is 9.90 Å². The van der Waals surface area contributed by atoms with Crippen LogP contribution >= 0.6 is 11.3 Å². The van der Waals surface area contributed by atoms with E-state index in [1.807, 2.05) is 0 Å². The van der Waals surface area contributed by atoms with Crippen LogP contribution in [0.5, 0.6) is 5.88 Å². The molecular weight excluding hydrogens is 152 g/mol. The monoisotopic (exact) mass is 157 g/mol. The van der Waals surface area contributed by atoms with Crippen molar-refractivity contribution in [1.29, 1.82) is 0 Å². The minimum absolute atomic E-state index is 0.215. The molecule has 0 saturated heterocycles. The van der Waals surface area contributed by atoms with Crippen molar-refractivity contribution in [1.82, 2.24) is 10.3 Å². The lowest BCUT2D eigenvalue weighted by Gasteiger charge is -1.89. The van der Waals surface area contributed by atoms with Crippen molar-refractivity contribution in [2.75, 3.05) is 7.05 Å². The number of nitrogens with zero attached hydrogens (tertiary/aromatic N) is 1. The Hall–Kier alpha value is -1.10. The van der Waals surface area contributed by atoms with Gasteiger partial charge < -0.3 is 5.32 Å². The molecule has 1 aromatic rings. The molecule has 4 nitrogen and oxygen atoms in total. The van der Waals surface area contributed by atoms with E-state index < -0.39 is 0 Å². The summed E-state index contributed by atoms with van der Waals surface area (Å²) in [7, 11) is 1.49. The summed E-state index contributed by atoms with van der Waals surface area (Å²) in [6.07, 6.45) is 0. The zero-order chi connectivity index (χ0) is 7.56. The molecule has 10 heavy (non-hydrogen) atoms.